The predicted octanol–water partition coefficient (Wildman–Crippen LogP) is 2.76. The van der Waals surface area contributed by atoms with Crippen molar-refractivity contribution in [1.29, 1.82) is 0 Å². The van der Waals surface area contributed by atoms with Crippen molar-refractivity contribution >= 4 is 17.3 Å². The molecule has 1 heterocycles. The summed E-state index contributed by atoms with van der Waals surface area (Å²) in [5, 5.41) is 3.75. The van der Waals surface area contributed by atoms with Gasteiger partial charge in [0.15, 0.2) is 5.11 Å². The van der Waals surface area contributed by atoms with Crippen molar-refractivity contribution < 1.29 is 13.2 Å². The smallest absolute Gasteiger partial charge is 0.360 e. The summed E-state index contributed by atoms with van der Waals surface area (Å²) >= 11 is 5.35. The molecule has 1 aliphatic heterocycles. The Morgan fingerprint density at radius 2 is 1.76 bits per heavy atom. The van der Waals surface area contributed by atoms with E-state index in [1.54, 1.807) is 4.90 Å². The van der Waals surface area contributed by atoms with Crippen LogP contribution in [0.15, 0.2) is 0 Å². The van der Waals surface area contributed by atoms with Gasteiger partial charge in [0.2, 0.25) is 0 Å². The summed E-state index contributed by atoms with van der Waals surface area (Å²) in [5.41, 5.74) is 0. The third-order valence-electron chi connectivity index (χ3n) is 4.66. The normalized spacial score (nSPS) is 29.5. The molecule has 1 aliphatic carbocycles. The van der Waals surface area contributed by atoms with Gasteiger partial charge in [-0.25, -0.2) is 0 Å². The summed E-state index contributed by atoms with van der Waals surface area (Å²) in [4.78, 5) is 3.09. The molecule has 2 fully saturated rings. The number of alkyl halides is 3. The SMILES string of the molecule is CC1CN(C(=S)NC2CCCCC2)CC(C(F)(F)F)N1C. The van der Waals surface area contributed by atoms with Crippen molar-refractivity contribution in [3.63, 3.8) is 0 Å². The van der Waals surface area contributed by atoms with Crippen LogP contribution in [0.4, 0.5) is 13.2 Å². The fourth-order valence-corrected chi connectivity index (χ4v) is 3.50. The zero-order valence-corrected chi connectivity index (χ0v) is 13.4. The number of hydrogen-bond acceptors (Lipinski definition) is 2. The molecule has 0 radical (unpaired) electrons. The first-order valence-corrected chi connectivity index (χ1v) is 8.04. The van der Waals surface area contributed by atoms with Gasteiger partial charge in [-0.3, -0.25) is 4.90 Å². The van der Waals surface area contributed by atoms with Crippen LogP contribution in [-0.4, -0.2) is 59.4 Å². The second-order valence-electron chi connectivity index (χ2n) is 6.26. The number of thiocarbonyl (C=S) groups is 1. The molecule has 2 rings (SSSR count). The minimum atomic E-state index is -4.22. The molecule has 2 atom stereocenters. The van der Waals surface area contributed by atoms with E-state index in [4.69, 9.17) is 12.2 Å². The highest BCUT2D eigenvalue weighted by Gasteiger charge is 2.47. The third-order valence-corrected chi connectivity index (χ3v) is 5.04. The topological polar surface area (TPSA) is 18.5 Å². The van der Waals surface area contributed by atoms with E-state index in [2.05, 4.69) is 5.32 Å². The van der Waals surface area contributed by atoms with Crippen molar-refractivity contribution in [2.75, 3.05) is 20.1 Å². The third kappa shape index (κ3) is 4.22. The molecular formula is C14H24F3N3S. The maximum Gasteiger partial charge on any atom is 0.405 e. The molecule has 7 heteroatoms. The van der Waals surface area contributed by atoms with E-state index in [1.807, 2.05) is 6.92 Å². The average Bonchev–Trinajstić information content (AvgIpc) is 2.41. The van der Waals surface area contributed by atoms with E-state index in [9.17, 15) is 13.2 Å². The Labute approximate surface area is 129 Å². The average molecular weight is 323 g/mol. The summed E-state index contributed by atoms with van der Waals surface area (Å²) in [5.74, 6) is 0. The molecule has 3 nitrogen and oxygen atoms in total. The molecule has 2 unspecified atom stereocenters. The lowest BCUT2D eigenvalue weighted by Crippen LogP contribution is -2.63. The molecule has 2 aliphatic rings. The molecule has 1 saturated heterocycles. The molecule has 0 bridgehead atoms. The Hall–Kier alpha value is -0.560. The van der Waals surface area contributed by atoms with Crippen LogP contribution >= 0.6 is 12.2 Å². The molecule has 0 aromatic heterocycles. The van der Waals surface area contributed by atoms with Gasteiger partial charge in [0.05, 0.1) is 0 Å². The Morgan fingerprint density at radius 3 is 2.33 bits per heavy atom. The van der Waals surface area contributed by atoms with Crippen LogP contribution in [0.25, 0.3) is 0 Å². The molecule has 0 aromatic carbocycles. The van der Waals surface area contributed by atoms with Gasteiger partial charge in [0.25, 0.3) is 0 Å². The van der Waals surface area contributed by atoms with Crippen LogP contribution in [0, 0.1) is 0 Å². The summed E-state index contributed by atoms with van der Waals surface area (Å²) in [6, 6.07) is -1.30. The lowest BCUT2D eigenvalue weighted by Gasteiger charge is -2.45. The monoisotopic (exact) mass is 323 g/mol. The molecule has 1 N–H and O–H groups in total. The number of nitrogens with one attached hydrogen (secondary N) is 1. The number of hydrogen-bond donors (Lipinski definition) is 1. The van der Waals surface area contributed by atoms with Gasteiger partial charge >= 0.3 is 6.18 Å². The van der Waals surface area contributed by atoms with E-state index in [0.717, 1.165) is 12.8 Å². The van der Waals surface area contributed by atoms with E-state index < -0.39 is 12.2 Å². The standard InChI is InChI=1S/C14H24F3N3S/c1-10-8-20(9-12(19(10)2)14(15,16)17)13(21)18-11-6-4-3-5-7-11/h10-12H,3-9H2,1-2H3,(H,18,21). The van der Waals surface area contributed by atoms with Crippen LogP contribution < -0.4 is 5.32 Å². The van der Waals surface area contributed by atoms with Crippen LogP contribution in [0.5, 0.6) is 0 Å². The Morgan fingerprint density at radius 1 is 1.14 bits per heavy atom. The highest BCUT2D eigenvalue weighted by molar-refractivity contribution is 7.80. The second kappa shape index (κ2) is 6.69. The van der Waals surface area contributed by atoms with Gasteiger partial charge in [-0.15, -0.1) is 0 Å². The minimum Gasteiger partial charge on any atom is -0.360 e. The summed E-state index contributed by atoms with van der Waals surface area (Å²) in [7, 11) is 1.54. The number of nitrogens with zero attached hydrogens (tertiary/aromatic N) is 2. The van der Waals surface area contributed by atoms with Crippen LogP contribution in [0.2, 0.25) is 0 Å². The highest BCUT2D eigenvalue weighted by atomic mass is 32.1. The number of halogens is 3. The largest absolute Gasteiger partial charge is 0.405 e. The second-order valence-corrected chi connectivity index (χ2v) is 6.65. The number of rotatable bonds is 1. The molecular weight excluding hydrogens is 299 g/mol. The quantitative estimate of drug-likeness (QED) is 0.748. The predicted molar refractivity (Wildman–Crippen MR) is 81.2 cm³/mol. The summed E-state index contributed by atoms with van der Waals surface area (Å²) < 4.78 is 39.4. The first kappa shape index (κ1) is 16.8. The fourth-order valence-electron chi connectivity index (χ4n) is 3.18. The van der Waals surface area contributed by atoms with Crippen molar-refractivity contribution in [2.24, 2.45) is 0 Å². The first-order chi connectivity index (χ1) is 9.79. The molecule has 21 heavy (non-hydrogen) atoms. The van der Waals surface area contributed by atoms with E-state index in [1.165, 1.54) is 31.2 Å². The van der Waals surface area contributed by atoms with E-state index in [0.29, 0.717) is 17.7 Å². The van der Waals surface area contributed by atoms with E-state index in [-0.39, 0.29) is 12.6 Å². The Bertz CT molecular complexity index is 369. The lowest BCUT2D eigenvalue weighted by atomic mass is 9.96. The van der Waals surface area contributed by atoms with Crippen LogP contribution in [0.1, 0.15) is 39.0 Å². The van der Waals surface area contributed by atoms with Crippen molar-refractivity contribution in [3.8, 4) is 0 Å². The van der Waals surface area contributed by atoms with Crippen LogP contribution in [0.3, 0.4) is 0 Å². The number of likely N-dealkylation sites (N-methyl/N-ethyl adjacent to an activating group) is 1. The van der Waals surface area contributed by atoms with Gasteiger partial charge in [0, 0.05) is 25.2 Å². The summed E-state index contributed by atoms with van der Waals surface area (Å²) in [6.45, 7) is 2.28. The molecule has 1 saturated carbocycles. The molecule has 0 spiro atoms. The Balaban J connectivity index is 1.97. The van der Waals surface area contributed by atoms with Gasteiger partial charge in [-0.1, -0.05) is 19.3 Å². The van der Waals surface area contributed by atoms with Crippen molar-refractivity contribution in [1.82, 2.24) is 15.1 Å². The van der Waals surface area contributed by atoms with Crippen molar-refractivity contribution in [3.05, 3.63) is 0 Å². The first-order valence-electron chi connectivity index (χ1n) is 7.63. The number of piperazine rings is 1. The van der Waals surface area contributed by atoms with Gasteiger partial charge < -0.3 is 10.2 Å². The van der Waals surface area contributed by atoms with Gasteiger partial charge in [-0.2, -0.15) is 13.2 Å². The van der Waals surface area contributed by atoms with Crippen molar-refractivity contribution in [2.45, 2.75) is 63.3 Å². The van der Waals surface area contributed by atoms with Crippen LogP contribution in [-0.2, 0) is 0 Å². The van der Waals surface area contributed by atoms with E-state index >= 15 is 0 Å². The van der Waals surface area contributed by atoms with Gasteiger partial charge in [0.1, 0.15) is 6.04 Å². The molecule has 0 aromatic rings. The zero-order chi connectivity index (χ0) is 15.6. The highest BCUT2D eigenvalue weighted by Crippen LogP contribution is 2.29. The molecule has 122 valence electrons. The summed E-state index contributed by atoms with van der Waals surface area (Å²) in [6.07, 6.45) is 1.49. The Kier molecular flexibility index (Phi) is 5.35. The minimum absolute atomic E-state index is 0.0805. The molecule has 0 amide bonds. The maximum absolute atomic E-state index is 13.1. The zero-order valence-electron chi connectivity index (χ0n) is 12.6. The fraction of sp³-hybridized carbons (Fsp3) is 0.929. The van der Waals surface area contributed by atoms with Gasteiger partial charge in [-0.05, 0) is 39.0 Å². The maximum atomic E-state index is 13.1. The lowest BCUT2D eigenvalue weighted by molar-refractivity contribution is -0.196.